The van der Waals surface area contributed by atoms with Gasteiger partial charge in [-0.15, -0.1) is 0 Å². The van der Waals surface area contributed by atoms with Crippen molar-refractivity contribution in [3.8, 4) is 33.8 Å². The minimum absolute atomic E-state index is 0.150. The normalized spacial score (nSPS) is 11.0. The number of ether oxygens (including phenoxy) is 2. The summed E-state index contributed by atoms with van der Waals surface area (Å²) in [6, 6.07) is 9.22. The Morgan fingerprint density at radius 3 is 2.75 bits per heavy atom. The highest BCUT2D eigenvalue weighted by Gasteiger charge is 2.21. The van der Waals surface area contributed by atoms with Crippen LogP contribution in [0.1, 0.15) is 10.5 Å². The van der Waals surface area contributed by atoms with E-state index in [1.165, 1.54) is 0 Å². The number of pyridine rings is 2. The van der Waals surface area contributed by atoms with E-state index in [9.17, 15) is 4.79 Å². The van der Waals surface area contributed by atoms with Crippen molar-refractivity contribution in [1.82, 2.24) is 29.9 Å². The summed E-state index contributed by atoms with van der Waals surface area (Å²) in [5, 5.41) is 11.4. The van der Waals surface area contributed by atoms with Gasteiger partial charge in [0, 0.05) is 42.4 Å². The van der Waals surface area contributed by atoms with Crippen LogP contribution in [0.25, 0.3) is 33.8 Å². The van der Waals surface area contributed by atoms with Gasteiger partial charge in [0.25, 0.3) is 5.91 Å². The Balaban J connectivity index is 1.73. The highest BCUT2D eigenvalue weighted by atomic mass is 16.5. The summed E-state index contributed by atoms with van der Waals surface area (Å²) in [6.45, 7) is 2.02. The zero-order valence-electron chi connectivity index (χ0n) is 17.6. The topological polar surface area (TPSA) is 134 Å². The minimum Gasteiger partial charge on any atom is -0.382 e. The van der Waals surface area contributed by atoms with Gasteiger partial charge < -0.3 is 15.2 Å². The molecule has 4 aromatic heterocycles. The number of amides is 1. The van der Waals surface area contributed by atoms with Gasteiger partial charge in [0.2, 0.25) is 0 Å². The van der Waals surface area contributed by atoms with E-state index >= 15 is 0 Å². The van der Waals surface area contributed by atoms with Crippen LogP contribution in [0.3, 0.4) is 0 Å². The number of nitrogens with zero attached hydrogens (tertiary/aromatic N) is 5. The Hall–Kier alpha value is -3.89. The zero-order valence-corrected chi connectivity index (χ0v) is 17.6. The Kier molecular flexibility index (Phi) is 6.63. The fourth-order valence-electron chi connectivity index (χ4n) is 3.24. The molecule has 0 aromatic carbocycles. The van der Waals surface area contributed by atoms with Crippen molar-refractivity contribution >= 4 is 5.91 Å². The highest BCUT2D eigenvalue weighted by Crippen LogP contribution is 2.33. The lowest BCUT2D eigenvalue weighted by molar-refractivity contribution is 0.0654. The van der Waals surface area contributed by atoms with Crippen molar-refractivity contribution in [1.29, 1.82) is 0 Å². The number of hydrogen-bond donors (Lipinski definition) is 2. The number of H-pyrrole nitrogens is 1. The largest absolute Gasteiger partial charge is 0.382 e. The van der Waals surface area contributed by atoms with Crippen molar-refractivity contribution in [2.24, 2.45) is 5.73 Å². The fraction of sp³-hybridized carbons (Fsp3) is 0.227. The van der Waals surface area contributed by atoms with Gasteiger partial charge in [-0.05, 0) is 24.3 Å². The van der Waals surface area contributed by atoms with E-state index in [2.05, 4.69) is 20.2 Å². The predicted molar refractivity (Wildman–Crippen MR) is 117 cm³/mol. The van der Waals surface area contributed by atoms with Crippen molar-refractivity contribution in [2.75, 3.05) is 26.9 Å². The van der Waals surface area contributed by atoms with Crippen molar-refractivity contribution in [2.45, 2.75) is 6.54 Å². The number of methoxy groups -OCH3 is 1. The maximum absolute atomic E-state index is 12.3. The molecule has 164 valence electrons. The molecule has 0 unspecified atom stereocenters. The van der Waals surface area contributed by atoms with Gasteiger partial charge in [-0.2, -0.15) is 10.2 Å². The number of aromatic nitrogens is 6. The predicted octanol–water partition coefficient (Wildman–Crippen LogP) is 2.16. The number of nitrogens with two attached hydrogens (primary N) is 1. The third-order valence-electron chi connectivity index (χ3n) is 4.78. The molecule has 0 spiro atoms. The maximum atomic E-state index is 12.3. The van der Waals surface area contributed by atoms with Crippen LogP contribution in [-0.2, 0) is 16.0 Å². The number of carbonyl (C=O) groups excluding carboxylic acids is 1. The van der Waals surface area contributed by atoms with Crippen LogP contribution in [0, 0.1) is 0 Å². The van der Waals surface area contributed by atoms with Gasteiger partial charge in [-0.3, -0.25) is 19.6 Å². The number of hydrogen-bond acceptors (Lipinski definition) is 7. The van der Waals surface area contributed by atoms with Crippen LogP contribution in [0.4, 0.5) is 0 Å². The van der Waals surface area contributed by atoms with E-state index < -0.39 is 5.91 Å². The van der Waals surface area contributed by atoms with Gasteiger partial charge in [0.15, 0.2) is 0 Å². The number of carbonyl (C=O) groups is 1. The van der Waals surface area contributed by atoms with E-state index in [0.29, 0.717) is 54.6 Å². The monoisotopic (exact) mass is 433 g/mol. The molecular weight excluding hydrogens is 410 g/mol. The van der Waals surface area contributed by atoms with Gasteiger partial charge in [0.05, 0.1) is 44.0 Å². The molecular formula is C22H23N7O3. The second-order valence-electron chi connectivity index (χ2n) is 6.92. The second-order valence-corrected chi connectivity index (χ2v) is 6.92. The molecule has 0 saturated carbocycles. The number of rotatable bonds is 10. The molecule has 3 N–H and O–H groups in total. The van der Waals surface area contributed by atoms with Crippen LogP contribution in [-0.4, -0.2) is 62.8 Å². The third-order valence-corrected chi connectivity index (χ3v) is 4.78. The Labute approximate surface area is 184 Å². The number of aromatic amines is 1. The van der Waals surface area contributed by atoms with E-state index in [1.807, 2.05) is 36.5 Å². The Bertz CT molecular complexity index is 1170. The first-order valence-corrected chi connectivity index (χ1v) is 10.0. The summed E-state index contributed by atoms with van der Waals surface area (Å²) >= 11 is 0. The molecule has 0 aliphatic carbocycles. The van der Waals surface area contributed by atoms with Gasteiger partial charge >= 0.3 is 0 Å². The Morgan fingerprint density at radius 1 is 1.12 bits per heavy atom. The summed E-state index contributed by atoms with van der Waals surface area (Å²) in [5.41, 5.74) is 9.79. The first-order chi connectivity index (χ1) is 15.7. The lowest BCUT2D eigenvalue weighted by atomic mass is 10.0. The molecule has 0 aliphatic heterocycles. The average molecular weight is 433 g/mol. The van der Waals surface area contributed by atoms with Crippen LogP contribution >= 0.6 is 0 Å². The van der Waals surface area contributed by atoms with Crippen molar-refractivity contribution in [3.05, 3.63) is 60.8 Å². The first-order valence-electron chi connectivity index (χ1n) is 10.0. The second kappa shape index (κ2) is 9.94. The van der Waals surface area contributed by atoms with Gasteiger partial charge in [-0.1, -0.05) is 6.07 Å². The summed E-state index contributed by atoms with van der Waals surface area (Å²) in [7, 11) is 1.63. The molecule has 0 saturated heterocycles. The van der Waals surface area contributed by atoms with Crippen LogP contribution < -0.4 is 5.73 Å². The van der Waals surface area contributed by atoms with Crippen LogP contribution in [0.5, 0.6) is 0 Å². The maximum Gasteiger partial charge on any atom is 0.267 e. The quantitative estimate of drug-likeness (QED) is 0.366. The molecule has 32 heavy (non-hydrogen) atoms. The molecule has 0 bridgehead atoms. The van der Waals surface area contributed by atoms with Gasteiger partial charge in [0.1, 0.15) is 11.4 Å². The average Bonchev–Trinajstić information content (AvgIpc) is 3.50. The summed E-state index contributed by atoms with van der Waals surface area (Å²) in [4.78, 5) is 21.2. The molecule has 4 rings (SSSR count). The van der Waals surface area contributed by atoms with E-state index in [-0.39, 0.29) is 5.69 Å². The summed E-state index contributed by atoms with van der Waals surface area (Å²) in [6.07, 6.45) is 6.88. The molecule has 4 heterocycles. The molecule has 0 radical (unpaired) electrons. The third kappa shape index (κ3) is 4.71. The molecule has 4 aromatic rings. The smallest absolute Gasteiger partial charge is 0.267 e. The minimum atomic E-state index is -0.632. The molecule has 0 aliphatic rings. The molecule has 0 atom stereocenters. The van der Waals surface area contributed by atoms with Gasteiger partial charge in [-0.25, -0.2) is 4.98 Å². The van der Waals surface area contributed by atoms with E-state index in [1.54, 1.807) is 30.4 Å². The van der Waals surface area contributed by atoms with E-state index in [0.717, 1.165) is 5.56 Å². The number of primary amides is 1. The van der Waals surface area contributed by atoms with Crippen molar-refractivity contribution in [3.63, 3.8) is 0 Å². The molecule has 10 heteroatoms. The fourth-order valence-corrected chi connectivity index (χ4v) is 3.24. The molecule has 0 fully saturated rings. The summed E-state index contributed by atoms with van der Waals surface area (Å²) in [5.74, 6) is -0.632. The number of nitrogens with one attached hydrogen (secondary N) is 1. The van der Waals surface area contributed by atoms with Crippen LogP contribution in [0.15, 0.2) is 55.1 Å². The lowest BCUT2D eigenvalue weighted by Gasteiger charge is -2.08. The standard InChI is InChI=1S/C22H23N7O3/c1-31-10-11-32-9-8-29-14-17(20(28-29)19-4-2-3-7-24-19)16-5-6-18(15-12-25-26-13-15)27-21(16)22(23)30/h2-7,12-14H,8-11H2,1H3,(H2,23,30)(H,25,26). The Morgan fingerprint density at radius 2 is 2.03 bits per heavy atom. The van der Waals surface area contributed by atoms with Crippen molar-refractivity contribution < 1.29 is 14.3 Å². The first kappa shape index (κ1) is 21.3. The SMILES string of the molecule is COCCOCCn1cc(-c2ccc(-c3cn[nH]c3)nc2C(N)=O)c(-c2ccccn2)n1. The summed E-state index contributed by atoms with van der Waals surface area (Å²) < 4.78 is 12.3. The molecule has 10 nitrogen and oxygen atoms in total. The highest BCUT2D eigenvalue weighted by molar-refractivity contribution is 6.00. The van der Waals surface area contributed by atoms with E-state index in [4.69, 9.17) is 20.3 Å². The zero-order chi connectivity index (χ0) is 22.3. The van der Waals surface area contributed by atoms with Crippen LogP contribution in [0.2, 0.25) is 0 Å². The molecule has 1 amide bonds. The lowest BCUT2D eigenvalue weighted by Crippen LogP contribution is -2.15.